The highest BCUT2D eigenvalue weighted by atomic mass is 32.2. The molecule has 0 amide bonds. The van der Waals surface area contributed by atoms with Gasteiger partial charge >= 0.3 is 5.97 Å². The Bertz CT molecular complexity index is 308. The van der Waals surface area contributed by atoms with Crippen LogP contribution in [-0.2, 0) is 16.0 Å². The fraction of sp³-hybridized carbons (Fsp3) is 0.300. The standard InChI is InChI=1S/C10H12O3S/c1-8-2-4-9(5-3-8)14(13)7-6-10(11)12/h2-5H,6-7H2,1H3,(H,11,12). The number of carboxylic acid groups (broad SMARTS) is 1. The lowest BCUT2D eigenvalue weighted by atomic mass is 10.2. The number of aryl methyl sites for hydroxylation is 1. The lowest BCUT2D eigenvalue weighted by Crippen LogP contribution is -2.10. The SMILES string of the molecule is Cc1ccc([S+]([O-])CCC(=O)O)cc1. The minimum absolute atomic E-state index is 0.0551. The Hall–Kier alpha value is -1.00. The van der Waals surface area contributed by atoms with Crippen molar-refractivity contribution in [2.45, 2.75) is 18.2 Å². The summed E-state index contributed by atoms with van der Waals surface area (Å²) in [4.78, 5) is 10.9. The van der Waals surface area contributed by atoms with Crippen molar-refractivity contribution in [3.05, 3.63) is 29.8 Å². The van der Waals surface area contributed by atoms with Crippen LogP contribution in [-0.4, -0.2) is 21.4 Å². The van der Waals surface area contributed by atoms with Crippen LogP contribution in [0.25, 0.3) is 0 Å². The van der Waals surface area contributed by atoms with E-state index in [-0.39, 0.29) is 12.2 Å². The molecule has 0 aliphatic heterocycles. The van der Waals surface area contributed by atoms with Crippen molar-refractivity contribution >= 4 is 17.1 Å². The summed E-state index contributed by atoms with van der Waals surface area (Å²) < 4.78 is 11.5. The maximum Gasteiger partial charge on any atom is 0.308 e. The van der Waals surface area contributed by atoms with Gasteiger partial charge in [0.05, 0.1) is 6.42 Å². The van der Waals surface area contributed by atoms with Gasteiger partial charge in [-0.15, -0.1) is 0 Å². The highest BCUT2D eigenvalue weighted by molar-refractivity contribution is 7.91. The molecule has 0 aliphatic carbocycles. The first kappa shape index (κ1) is 11.1. The Morgan fingerprint density at radius 1 is 1.43 bits per heavy atom. The van der Waals surface area contributed by atoms with E-state index < -0.39 is 17.1 Å². The first-order valence-electron chi connectivity index (χ1n) is 4.26. The fourth-order valence-corrected chi connectivity index (χ4v) is 2.02. The Labute approximate surface area is 85.9 Å². The summed E-state index contributed by atoms with van der Waals surface area (Å²) in [5.74, 6) is -0.733. The van der Waals surface area contributed by atoms with Gasteiger partial charge in [0.1, 0.15) is 5.75 Å². The molecule has 14 heavy (non-hydrogen) atoms. The largest absolute Gasteiger partial charge is 0.611 e. The summed E-state index contributed by atoms with van der Waals surface area (Å²) >= 11 is -1.19. The van der Waals surface area contributed by atoms with Gasteiger partial charge in [0.2, 0.25) is 0 Å². The quantitative estimate of drug-likeness (QED) is 0.771. The Morgan fingerprint density at radius 3 is 2.50 bits per heavy atom. The second kappa shape index (κ2) is 5.02. The van der Waals surface area contributed by atoms with Gasteiger partial charge in [0.25, 0.3) is 0 Å². The van der Waals surface area contributed by atoms with Crippen LogP contribution in [0.2, 0.25) is 0 Å². The monoisotopic (exact) mass is 212 g/mol. The van der Waals surface area contributed by atoms with E-state index in [1.807, 2.05) is 19.1 Å². The first-order chi connectivity index (χ1) is 6.59. The van der Waals surface area contributed by atoms with Crippen molar-refractivity contribution < 1.29 is 14.5 Å². The Kier molecular flexibility index (Phi) is 3.98. The molecule has 0 heterocycles. The predicted molar refractivity (Wildman–Crippen MR) is 54.7 cm³/mol. The third-order valence-electron chi connectivity index (χ3n) is 1.79. The van der Waals surface area contributed by atoms with E-state index in [1.165, 1.54) is 0 Å². The lowest BCUT2D eigenvalue weighted by Gasteiger charge is -2.08. The van der Waals surface area contributed by atoms with Crippen LogP contribution in [0.1, 0.15) is 12.0 Å². The van der Waals surface area contributed by atoms with Crippen LogP contribution in [0.4, 0.5) is 0 Å². The molecule has 0 aliphatic rings. The molecular formula is C10H12O3S. The number of carboxylic acids is 1. The van der Waals surface area contributed by atoms with Gasteiger partial charge in [-0.25, -0.2) is 0 Å². The number of benzene rings is 1. The van der Waals surface area contributed by atoms with E-state index in [0.29, 0.717) is 4.90 Å². The number of carbonyl (C=O) groups is 1. The van der Waals surface area contributed by atoms with E-state index in [9.17, 15) is 9.35 Å². The molecule has 1 aromatic rings. The fourth-order valence-electron chi connectivity index (χ4n) is 0.988. The van der Waals surface area contributed by atoms with Crippen molar-refractivity contribution in [2.24, 2.45) is 0 Å². The average molecular weight is 212 g/mol. The third kappa shape index (κ3) is 3.40. The molecule has 0 saturated carbocycles. The number of hydrogen-bond acceptors (Lipinski definition) is 2. The molecule has 0 saturated heterocycles. The predicted octanol–water partition coefficient (Wildman–Crippen LogP) is 1.58. The maximum absolute atomic E-state index is 11.5. The summed E-state index contributed by atoms with van der Waals surface area (Å²) in [6, 6.07) is 7.28. The van der Waals surface area contributed by atoms with Crippen LogP contribution >= 0.6 is 0 Å². The highest BCUT2D eigenvalue weighted by Gasteiger charge is 2.11. The summed E-state index contributed by atoms with van der Waals surface area (Å²) in [6.45, 7) is 1.95. The number of hydrogen-bond donors (Lipinski definition) is 1. The zero-order valence-electron chi connectivity index (χ0n) is 7.90. The molecule has 76 valence electrons. The van der Waals surface area contributed by atoms with Crippen molar-refractivity contribution in [3.8, 4) is 0 Å². The molecule has 0 aromatic heterocycles. The van der Waals surface area contributed by atoms with Crippen LogP contribution in [0.15, 0.2) is 29.2 Å². The second-order valence-electron chi connectivity index (χ2n) is 3.01. The molecule has 0 spiro atoms. The van der Waals surface area contributed by atoms with E-state index >= 15 is 0 Å². The molecule has 0 fully saturated rings. The van der Waals surface area contributed by atoms with E-state index in [4.69, 9.17) is 5.11 Å². The van der Waals surface area contributed by atoms with Crippen molar-refractivity contribution in [2.75, 3.05) is 5.75 Å². The van der Waals surface area contributed by atoms with Crippen molar-refractivity contribution in [1.29, 1.82) is 0 Å². The van der Waals surface area contributed by atoms with Gasteiger partial charge in [-0.2, -0.15) is 0 Å². The smallest absolute Gasteiger partial charge is 0.308 e. The maximum atomic E-state index is 11.5. The van der Waals surface area contributed by atoms with Crippen LogP contribution < -0.4 is 0 Å². The van der Waals surface area contributed by atoms with Crippen LogP contribution in [0.5, 0.6) is 0 Å². The lowest BCUT2D eigenvalue weighted by molar-refractivity contribution is -0.136. The minimum atomic E-state index is -1.19. The van der Waals surface area contributed by atoms with Gasteiger partial charge in [-0.1, -0.05) is 17.7 Å². The molecule has 4 heteroatoms. The molecule has 1 atom stereocenters. The molecule has 0 radical (unpaired) electrons. The summed E-state index contributed by atoms with van der Waals surface area (Å²) in [5, 5.41) is 8.42. The van der Waals surface area contributed by atoms with Gasteiger partial charge in [0, 0.05) is 0 Å². The zero-order chi connectivity index (χ0) is 10.6. The van der Waals surface area contributed by atoms with Gasteiger partial charge in [0.15, 0.2) is 4.90 Å². The number of rotatable bonds is 4. The normalized spacial score (nSPS) is 12.4. The van der Waals surface area contributed by atoms with Crippen LogP contribution in [0, 0.1) is 6.92 Å². The van der Waals surface area contributed by atoms with Crippen LogP contribution in [0.3, 0.4) is 0 Å². The molecule has 1 aromatic carbocycles. The first-order valence-corrected chi connectivity index (χ1v) is 5.58. The van der Waals surface area contributed by atoms with Crippen molar-refractivity contribution in [1.82, 2.24) is 0 Å². The third-order valence-corrected chi connectivity index (χ3v) is 3.16. The minimum Gasteiger partial charge on any atom is -0.611 e. The van der Waals surface area contributed by atoms with Gasteiger partial charge in [-0.3, -0.25) is 4.79 Å². The average Bonchev–Trinajstić information content (AvgIpc) is 2.15. The molecular weight excluding hydrogens is 200 g/mol. The molecule has 1 unspecified atom stereocenters. The van der Waals surface area contributed by atoms with E-state index in [0.717, 1.165) is 5.56 Å². The van der Waals surface area contributed by atoms with E-state index in [2.05, 4.69) is 0 Å². The molecule has 3 nitrogen and oxygen atoms in total. The molecule has 0 bridgehead atoms. The Balaban J connectivity index is 2.56. The number of aliphatic carboxylic acids is 1. The summed E-state index contributed by atoms with van der Waals surface area (Å²) in [7, 11) is 0. The van der Waals surface area contributed by atoms with Gasteiger partial charge in [-0.05, 0) is 30.2 Å². The van der Waals surface area contributed by atoms with E-state index in [1.54, 1.807) is 12.1 Å². The molecule has 1 N–H and O–H groups in total. The van der Waals surface area contributed by atoms with Gasteiger partial charge < -0.3 is 9.66 Å². The Morgan fingerprint density at radius 2 is 2.00 bits per heavy atom. The van der Waals surface area contributed by atoms with Crippen molar-refractivity contribution in [3.63, 3.8) is 0 Å². The second-order valence-corrected chi connectivity index (χ2v) is 4.58. The summed E-state index contributed by atoms with van der Waals surface area (Å²) in [5.41, 5.74) is 1.10. The molecule has 1 rings (SSSR count). The topological polar surface area (TPSA) is 60.4 Å². The zero-order valence-corrected chi connectivity index (χ0v) is 8.71. The summed E-state index contributed by atoms with van der Waals surface area (Å²) in [6.07, 6.45) is -0.0551. The highest BCUT2D eigenvalue weighted by Crippen LogP contribution is 2.12.